The van der Waals surface area contributed by atoms with Crippen molar-refractivity contribution in [1.29, 1.82) is 0 Å². The maximum atomic E-state index is 14.4. The van der Waals surface area contributed by atoms with Crippen molar-refractivity contribution in [2.75, 3.05) is 31.6 Å². The molecule has 1 aliphatic rings. The first-order valence-corrected chi connectivity index (χ1v) is 11.9. The molecule has 3 aromatic rings. The molecule has 1 saturated heterocycles. The number of halogens is 1. The standard InChI is InChI=1S/C21H20FN3O4S2/c1-14-16(5-7-18(23-14)19-3-2-12-30-19)21(26)24-15-4-6-17(22)20(13-15)31(27,28)25-8-10-29-11-9-25/h2-7,12-13H,8-11H2,1H3,(H,24,26). The predicted molar refractivity (Wildman–Crippen MR) is 116 cm³/mol. The average Bonchev–Trinajstić information content (AvgIpc) is 3.30. The van der Waals surface area contributed by atoms with Crippen LogP contribution >= 0.6 is 11.3 Å². The number of amides is 1. The largest absolute Gasteiger partial charge is 0.379 e. The second kappa shape index (κ2) is 8.83. The topological polar surface area (TPSA) is 88.6 Å². The Morgan fingerprint density at radius 1 is 1.19 bits per heavy atom. The minimum Gasteiger partial charge on any atom is -0.379 e. The van der Waals surface area contributed by atoms with Gasteiger partial charge >= 0.3 is 0 Å². The number of sulfonamides is 1. The van der Waals surface area contributed by atoms with Gasteiger partial charge in [0, 0.05) is 18.8 Å². The molecule has 3 heterocycles. The molecule has 0 unspecified atom stereocenters. The van der Waals surface area contributed by atoms with Crippen LogP contribution in [0.3, 0.4) is 0 Å². The highest BCUT2D eigenvalue weighted by atomic mass is 32.2. The molecule has 7 nitrogen and oxygen atoms in total. The number of ether oxygens (including phenoxy) is 1. The molecule has 2 aromatic heterocycles. The molecule has 1 amide bonds. The molecule has 1 aromatic carbocycles. The summed E-state index contributed by atoms with van der Waals surface area (Å²) in [6.45, 7) is 2.54. The van der Waals surface area contributed by atoms with E-state index >= 15 is 0 Å². The molecule has 4 rings (SSSR count). The van der Waals surface area contributed by atoms with Gasteiger partial charge in [-0.2, -0.15) is 4.31 Å². The van der Waals surface area contributed by atoms with Gasteiger partial charge < -0.3 is 10.1 Å². The Bertz CT molecular complexity index is 1210. The van der Waals surface area contributed by atoms with Crippen LogP contribution in [-0.2, 0) is 14.8 Å². The van der Waals surface area contributed by atoms with Gasteiger partial charge in [-0.15, -0.1) is 11.3 Å². The number of morpholine rings is 1. The van der Waals surface area contributed by atoms with Gasteiger partial charge in [-0.3, -0.25) is 9.78 Å². The fraction of sp³-hybridized carbons (Fsp3) is 0.238. The van der Waals surface area contributed by atoms with Crippen LogP contribution in [0, 0.1) is 12.7 Å². The van der Waals surface area contributed by atoms with Crippen LogP contribution in [0.5, 0.6) is 0 Å². The molecule has 162 valence electrons. The minimum atomic E-state index is -4.04. The zero-order chi connectivity index (χ0) is 22.0. The van der Waals surface area contributed by atoms with Gasteiger partial charge in [-0.25, -0.2) is 12.8 Å². The lowest BCUT2D eigenvalue weighted by molar-refractivity contribution is 0.0729. The summed E-state index contributed by atoms with van der Waals surface area (Å²) < 4.78 is 46.4. The number of pyridine rings is 1. The van der Waals surface area contributed by atoms with E-state index in [2.05, 4.69) is 10.3 Å². The van der Waals surface area contributed by atoms with Crippen molar-refractivity contribution in [3.63, 3.8) is 0 Å². The minimum absolute atomic E-state index is 0.153. The number of hydrogen-bond donors (Lipinski definition) is 1. The van der Waals surface area contributed by atoms with Crippen molar-refractivity contribution < 1.29 is 22.3 Å². The molecule has 1 aliphatic heterocycles. The lowest BCUT2D eigenvalue weighted by Gasteiger charge is -2.26. The summed E-state index contributed by atoms with van der Waals surface area (Å²) in [7, 11) is -4.04. The number of aromatic nitrogens is 1. The van der Waals surface area contributed by atoms with Crippen LogP contribution in [0.25, 0.3) is 10.6 Å². The van der Waals surface area contributed by atoms with Gasteiger partial charge in [0.15, 0.2) is 0 Å². The first-order valence-electron chi connectivity index (χ1n) is 9.56. The highest BCUT2D eigenvalue weighted by molar-refractivity contribution is 7.89. The molecule has 1 fully saturated rings. The quantitative estimate of drug-likeness (QED) is 0.628. The van der Waals surface area contributed by atoms with Gasteiger partial charge in [-0.05, 0) is 48.7 Å². The number of rotatable bonds is 5. The number of aryl methyl sites for hydroxylation is 1. The number of carbonyl (C=O) groups excluding carboxylic acids is 1. The maximum Gasteiger partial charge on any atom is 0.257 e. The molecule has 10 heteroatoms. The van der Waals surface area contributed by atoms with E-state index < -0.39 is 26.6 Å². The number of hydrogen-bond acceptors (Lipinski definition) is 6. The number of nitrogens with one attached hydrogen (secondary N) is 1. The van der Waals surface area contributed by atoms with E-state index in [0.717, 1.165) is 22.7 Å². The van der Waals surface area contributed by atoms with Crippen LogP contribution in [-0.4, -0.2) is 49.9 Å². The third-order valence-electron chi connectivity index (χ3n) is 4.88. The Kier molecular flexibility index (Phi) is 6.15. The molecule has 0 radical (unpaired) electrons. The molecule has 0 saturated carbocycles. The van der Waals surface area contributed by atoms with Gasteiger partial charge in [0.25, 0.3) is 5.91 Å². The van der Waals surface area contributed by atoms with Gasteiger partial charge in [0.05, 0.1) is 35.0 Å². The van der Waals surface area contributed by atoms with Crippen LogP contribution in [0.1, 0.15) is 16.1 Å². The lowest BCUT2D eigenvalue weighted by atomic mass is 10.1. The second-order valence-corrected chi connectivity index (χ2v) is 9.78. The first kappa shape index (κ1) is 21.6. The first-order chi connectivity index (χ1) is 14.9. The zero-order valence-electron chi connectivity index (χ0n) is 16.7. The van der Waals surface area contributed by atoms with E-state index in [-0.39, 0.29) is 32.0 Å². The van der Waals surface area contributed by atoms with Gasteiger partial charge in [0.2, 0.25) is 10.0 Å². The summed E-state index contributed by atoms with van der Waals surface area (Å²) in [6, 6.07) is 10.8. The Labute approximate surface area is 183 Å². The molecular formula is C21H20FN3O4S2. The number of thiophene rings is 1. The van der Waals surface area contributed by atoms with E-state index in [9.17, 15) is 17.6 Å². The number of nitrogens with zero attached hydrogens (tertiary/aromatic N) is 2. The number of anilines is 1. The molecular weight excluding hydrogens is 441 g/mol. The smallest absolute Gasteiger partial charge is 0.257 e. The van der Waals surface area contributed by atoms with E-state index in [1.54, 1.807) is 30.4 Å². The van der Waals surface area contributed by atoms with Crippen molar-refractivity contribution in [3.8, 4) is 10.6 Å². The normalized spacial score (nSPS) is 15.0. The van der Waals surface area contributed by atoms with Crippen molar-refractivity contribution in [3.05, 3.63) is 64.9 Å². The zero-order valence-corrected chi connectivity index (χ0v) is 18.3. The summed E-state index contributed by atoms with van der Waals surface area (Å²) in [5.74, 6) is -1.33. The van der Waals surface area contributed by atoms with E-state index in [0.29, 0.717) is 11.3 Å². The molecule has 0 bridgehead atoms. The fourth-order valence-electron chi connectivity index (χ4n) is 3.27. The van der Waals surface area contributed by atoms with Gasteiger partial charge in [-0.1, -0.05) is 6.07 Å². The second-order valence-electron chi connectivity index (χ2n) is 6.92. The van der Waals surface area contributed by atoms with Crippen LogP contribution in [0.2, 0.25) is 0 Å². The average molecular weight is 462 g/mol. The highest BCUT2D eigenvalue weighted by Crippen LogP contribution is 2.26. The lowest BCUT2D eigenvalue weighted by Crippen LogP contribution is -2.40. The van der Waals surface area contributed by atoms with Crippen molar-refractivity contribution in [2.45, 2.75) is 11.8 Å². The summed E-state index contributed by atoms with van der Waals surface area (Å²) >= 11 is 1.55. The molecule has 0 aliphatic carbocycles. The molecule has 1 N–H and O–H groups in total. The number of benzene rings is 1. The Balaban J connectivity index is 1.57. The molecule has 31 heavy (non-hydrogen) atoms. The summed E-state index contributed by atoms with van der Waals surface area (Å²) in [6.07, 6.45) is 0. The van der Waals surface area contributed by atoms with E-state index in [4.69, 9.17) is 4.74 Å². The third-order valence-corrected chi connectivity index (χ3v) is 7.69. The fourth-order valence-corrected chi connectivity index (χ4v) is 5.46. The highest BCUT2D eigenvalue weighted by Gasteiger charge is 2.29. The van der Waals surface area contributed by atoms with Crippen LogP contribution in [0.15, 0.2) is 52.7 Å². The monoisotopic (exact) mass is 461 g/mol. The maximum absolute atomic E-state index is 14.4. The third kappa shape index (κ3) is 4.52. The number of carbonyl (C=O) groups is 1. The van der Waals surface area contributed by atoms with E-state index in [1.165, 1.54) is 10.4 Å². The molecule has 0 atom stereocenters. The van der Waals surface area contributed by atoms with Crippen molar-refractivity contribution in [2.24, 2.45) is 0 Å². The SMILES string of the molecule is Cc1nc(-c2cccs2)ccc1C(=O)Nc1ccc(F)c(S(=O)(=O)N2CCOCC2)c1. The van der Waals surface area contributed by atoms with Crippen LogP contribution in [0.4, 0.5) is 10.1 Å². The van der Waals surface area contributed by atoms with E-state index in [1.807, 2.05) is 17.5 Å². The molecule has 0 spiro atoms. The Hall–Kier alpha value is -2.66. The Morgan fingerprint density at radius 3 is 2.65 bits per heavy atom. The Morgan fingerprint density at radius 2 is 1.97 bits per heavy atom. The van der Waals surface area contributed by atoms with Crippen LogP contribution < -0.4 is 5.32 Å². The summed E-state index contributed by atoms with van der Waals surface area (Å²) in [4.78, 5) is 17.8. The van der Waals surface area contributed by atoms with Gasteiger partial charge in [0.1, 0.15) is 10.7 Å². The predicted octanol–water partition coefficient (Wildman–Crippen LogP) is 3.53. The summed E-state index contributed by atoms with van der Waals surface area (Å²) in [5.41, 5.74) is 1.83. The summed E-state index contributed by atoms with van der Waals surface area (Å²) in [5, 5.41) is 4.59. The van der Waals surface area contributed by atoms with Crippen molar-refractivity contribution >= 4 is 33.0 Å². The van der Waals surface area contributed by atoms with Crippen molar-refractivity contribution in [1.82, 2.24) is 9.29 Å².